The quantitative estimate of drug-likeness (QED) is 0.846. The fourth-order valence-corrected chi connectivity index (χ4v) is 3.12. The third-order valence-corrected chi connectivity index (χ3v) is 4.19. The molecule has 92 valence electrons. The lowest BCUT2D eigenvalue weighted by atomic mass is 9.84. The molecule has 4 rings (SSSR count). The number of nitrogens with one attached hydrogen (secondary N) is 1. The molecular formula is C14H19FN2. The molecule has 0 aliphatic carbocycles. The predicted octanol–water partition coefficient (Wildman–Crippen LogP) is 2.64. The van der Waals surface area contributed by atoms with Crippen molar-refractivity contribution in [3.8, 4) is 0 Å². The molecule has 0 saturated carbocycles. The summed E-state index contributed by atoms with van der Waals surface area (Å²) in [5, 5.41) is 3.60. The van der Waals surface area contributed by atoms with Gasteiger partial charge in [0.05, 0.1) is 0 Å². The topological polar surface area (TPSA) is 15.3 Å². The number of anilines is 1. The van der Waals surface area contributed by atoms with E-state index in [1.54, 1.807) is 6.07 Å². The molecule has 3 heteroatoms. The summed E-state index contributed by atoms with van der Waals surface area (Å²) in [6, 6.07) is 5.55. The van der Waals surface area contributed by atoms with Crippen LogP contribution in [0.2, 0.25) is 0 Å². The van der Waals surface area contributed by atoms with Crippen molar-refractivity contribution < 1.29 is 4.39 Å². The summed E-state index contributed by atoms with van der Waals surface area (Å²) in [7, 11) is 0. The van der Waals surface area contributed by atoms with E-state index in [9.17, 15) is 4.39 Å². The van der Waals surface area contributed by atoms with Crippen LogP contribution in [0.3, 0.4) is 0 Å². The highest BCUT2D eigenvalue weighted by Gasteiger charge is 2.33. The van der Waals surface area contributed by atoms with E-state index < -0.39 is 0 Å². The molecule has 17 heavy (non-hydrogen) atoms. The number of rotatable bonds is 2. The molecule has 0 radical (unpaired) electrons. The van der Waals surface area contributed by atoms with Crippen molar-refractivity contribution in [3.05, 3.63) is 29.6 Å². The van der Waals surface area contributed by atoms with Crippen molar-refractivity contribution in [1.82, 2.24) is 4.90 Å². The number of hydrogen-bond acceptors (Lipinski definition) is 2. The van der Waals surface area contributed by atoms with Gasteiger partial charge in [-0.2, -0.15) is 0 Å². The Morgan fingerprint density at radius 2 is 2.06 bits per heavy atom. The molecule has 0 spiro atoms. The van der Waals surface area contributed by atoms with Gasteiger partial charge >= 0.3 is 0 Å². The summed E-state index contributed by atoms with van der Waals surface area (Å²) in [5.41, 5.74) is 2.09. The Kier molecular flexibility index (Phi) is 2.79. The highest BCUT2D eigenvalue weighted by molar-refractivity contribution is 5.51. The molecule has 1 N–H and O–H groups in total. The van der Waals surface area contributed by atoms with E-state index in [0.717, 1.165) is 23.7 Å². The molecule has 1 unspecified atom stereocenters. The smallest absolute Gasteiger partial charge is 0.123 e. The van der Waals surface area contributed by atoms with E-state index in [0.29, 0.717) is 6.04 Å². The summed E-state index contributed by atoms with van der Waals surface area (Å²) in [6.07, 6.45) is 2.61. The molecule has 2 nitrogen and oxygen atoms in total. The minimum absolute atomic E-state index is 0.151. The van der Waals surface area contributed by atoms with Crippen molar-refractivity contribution in [2.24, 2.45) is 5.92 Å². The highest BCUT2D eigenvalue weighted by Crippen LogP contribution is 2.30. The van der Waals surface area contributed by atoms with E-state index in [1.165, 1.54) is 32.0 Å². The summed E-state index contributed by atoms with van der Waals surface area (Å²) in [4.78, 5) is 2.52. The maximum Gasteiger partial charge on any atom is 0.123 e. The van der Waals surface area contributed by atoms with Crippen LogP contribution < -0.4 is 5.32 Å². The van der Waals surface area contributed by atoms with Gasteiger partial charge in [0.1, 0.15) is 5.82 Å². The number of hydrogen-bond donors (Lipinski definition) is 1. The third-order valence-electron chi connectivity index (χ3n) is 4.19. The molecular weight excluding hydrogens is 215 g/mol. The Labute approximate surface area is 102 Å². The van der Waals surface area contributed by atoms with Crippen LogP contribution in [0.1, 0.15) is 18.4 Å². The average Bonchev–Trinajstić information content (AvgIpc) is 2.34. The first-order valence-corrected chi connectivity index (χ1v) is 6.47. The first kappa shape index (κ1) is 11.0. The van der Waals surface area contributed by atoms with Gasteiger partial charge in [0.2, 0.25) is 0 Å². The van der Waals surface area contributed by atoms with Crippen molar-refractivity contribution in [2.75, 3.05) is 25.0 Å². The van der Waals surface area contributed by atoms with E-state index in [2.05, 4.69) is 10.2 Å². The zero-order valence-corrected chi connectivity index (χ0v) is 10.2. The number of fused-ring (bicyclic) bond motifs is 3. The van der Waals surface area contributed by atoms with Crippen LogP contribution in [-0.4, -0.2) is 30.6 Å². The summed E-state index contributed by atoms with van der Waals surface area (Å²) in [6.45, 7) is 5.62. The predicted molar refractivity (Wildman–Crippen MR) is 67.7 cm³/mol. The lowest BCUT2D eigenvalue weighted by Gasteiger charge is -2.45. The summed E-state index contributed by atoms with van der Waals surface area (Å²) >= 11 is 0. The fourth-order valence-electron chi connectivity index (χ4n) is 3.12. The van der Waals surface area contributed by atoms with Gasteiger partial charge in [-0.05, 0) is 62.5 Å². The summed E-state index contributed by atoms with van der Waals surface area (Å²) < 4.78 is 13.0. The lowest BCUT2D eigenvalue weighted by Crippen LogP contribution is -2.53. The molecule has 3 aliphatic heterocycles. The van der Waals surface area contributed by atoms with E-state index in [-0.39, 0.29) is 5.82 Å². The molecule has 1 aromatic carbocycles. The fraction of sp³-hybridized carbons (Fsp3) is 0.571. The maximum absolute atomic E-state index is 13.0. The molecule has 1 aromatic rings. The van der Waals surface area contributed by atoms with Gasteiger partial charge in [0.15, 0.2) is 0 Å². The number of piperidine rings is 3. The number of benzene rings is 1. The Hall–Kier alpha value is -1.09. The second-order valence-electron chi connectivity index (χ2n) is 5.35. The molecule has 3 aliphatic rings. The molecule has 2 bridgehead atoms. The monoisotopic (exact) mass is 234 g/mol. The van der Waals surface area contributed by atoms with Crippen molar-refractivity contribution in [3.63, 3.8) is 0 Å². The SMILES string of the molecule is Cc1cc(F)ccc1NC1CN2CCC1CC2. The van der Waals surface area contributed by atoms with Crippen molar-refractivity contribution in [2.45, 2.75) is 25.8 Å². The normalized spacial score (nSPS) is 31.5. The van der Waals surface area contributed by atoms with E-state index in [4.69, 9.17) is 0 Å². The zero-order valence-electron chi connectivity index (χ0n) is 10.2. The Morgan fingerprint density at radius 1 is 1.29 bits per heavy atom. The number of halogens is 1. The van der Waals surface area contributed by atoms with Gasteiger partial charge in [0, 0.05) is 18.3 Å². The standard InChI is InChI=1S/C14H19FN2/c1-10-8-12(15)2-3-13(10)16-14-9-17-6-4-11(14)5-7-17/h2-3,8,11,14,16H,4-7,9H2,1H3. The Balaban J connectivity index is 1.74. The average molecular weight is 234 g/mol. The lowest BCUT2D eigenvalue weighted by molar-refractivity contribution is 0.0975. The van der Waals surface area contributed by atoms with E-state index >= 15 is 0 Å². The van der Waals surface area contributed by atoms with Crippen molar-refractivity contribution in [1.29, 1.82) is 0 Å². The second-order valence-corrected chi connectivity index (χ2v) is 5.35. The zero-order chi connectivity index (χ0) is 11.8. The van der Waals surface area contributed by atoms with Crippen LogP contribution in [0.25, 0.3) is 0 Å². The molecule has 0 aromatic heterocycles. The molecule has 3 saturated heterocycles. The number of aryl methyl sites for hydroxylation is 1. The van der Waals surface area contributed by atoms with Crippen LogP contribution in [0.15, 0.2) is 18.2 Å². The van der Waals surface area contributed by atoms with Crippen molar-refractivity contribution >= 4 is 5.69 Å². The first-order chi connectivity index (χ1) is 8.22. The number of nitrogens with zero attached hydrogens (tertiary/aromatic N) is 1. The van der Waals surface area contributed by atoms with Crippen LogP contribution in [0, 0.1) is 18.7 Å². The summed E-state index contributed by atoms with van der Waals surface area (Å²) in [5.74, 6) is 0.645. The van der Waals surface area contributed by atoms with Gasteiger partial charge < -0.3 is 10.2 Å². The second kappa shape index (κ2) is 4.30. The maximum atomic E-state index is 13.0. The van der Waals surface area contributed by atoms with E-state index in [1.807, 2.05) is 13.0 Å². The molecule has 1 atom stereocenters. The van der Waals surface area contributed by atoms with Crippen LogP contribution in [0.5, 0.6) is 0 Å². The highest BCUT2D eigenvalue weighted by atomic mass is 19.1. The first-order valence-electron chi connectivity index (χ1n) is 6.47. The molecule has 3 fully saturated rings. The van der Waals surface area contributed by atoms with Gasteiger partial charge in [-0.1, -0.05) is 0 Å². The minimum Gasteiger partial charge on any atom is -0.381 e. The van der Waals surface area contributed by atoms with Gasteiger partial charge in [-0.25, -0.2) is 4.39 Å². The largest absolute Gasteiger partial charge is 0.381 e. The molecule has 0 amide bonds. The van der Waals surface area contributed by atoms with Gasteiger partial charge in [0.25, 0.3) is 0 Å². The molecule has 3 heterocycles. The van der Waals surface area contributed by atoms with Gasteiger partial charge in [-0.3, -0.25) is 0 Å². The third kappa shape index (κ3) is 2.16. The van der Waals surface area contributed by atoms with Gasteiger partial charge in [-0.15, -0.1) is 0 Å². The Bertz CT molecular complexity index is 411. The Morgan fingerprint density at radius 3 is 2.65 bits per heavy atom. The van der Waals surface area contributed by atoms with Crippen LogP contribution in [-0.2, 0) is 0 Å². The van der Waals surface area contributed by atoms with Crippen LogP contribution >= 0.6 is 0 Å². The minimum atomic E-state index is -0.151. The van der Waals surface area contributed by atoms with Crippen LogP contribution in [0.4, 0.5) is 10.1 Å².